The van der Waals surface area contributed by atoms with Crippen molar-refractivity contribution in [3.05, 3.63) is 44.7 Å². The fourth-order valence-electron chi connectivity index (χ4n) is 1.87. The van der Waals surface area contributed by atoms with Crippen LogP contribution >= 0.6 is 27.5 Å². The number of hydrogen-bond donors (Lipinski definition) is 1. The average Bonchev–Trinajstić information content (AvgIpc) is 2.68. The van der Waals surface area contributed by atoms with Gasteiger partial charge in [0.25, 0.3) is 0 Å². The lowest BCUT2D eigenvalue weighted by atomic mass is 10.2. The molecule has 7 heteroatoms. The Morgan fingerprint density at radius 3 is 2.70 bits per heavy atom. The highest BCUT2D eigenvalue weighted by Gasteiger charge is 2.14. The van der Waals surface area contributed by atoms with E-state index in [9.17, 15) is 8.78 Å². The van der Waals surface area contributed by atoms with E-state index in [1.807, 2.05) is 6.92 Å². The zero-order valence-electron chi connectivity index (χ0n) is 11.0. The molecule has 0 fully saturated rings. The number of anilines is 1. The molecule has 1 N–H and O–H groups in total. The second-order valence-electron chi connectivity index (χ2n) is 4.26. The molecule has 0 atom stereocenters. The van der Waals surface area contributed by atoms with Crippen LogP contribution in [0.15, 0.2) is 16.6 Å². The highest BCUT2D eigenvalue weighted by Crippen LogP contribution is 2.25. The van der Waals surface area contributed by atoms with Gasteiger partial charge in [0.15, 0.2) is 0 Å². The molecule has 0 bridgehead atoms. The second-order valence-corrected chi connectivity index (χ2v) is 5.49. The maximum absolute atomic E-state index is 13.7. The Morgan fingerprint density at radius 1 is 1.35 bits per heavy atom. The molecular formula is C13H13BrClF2N3. The van der Waals surface area contributed by atoms with Gasteiger partial charge in [0.05, 0.1) is 33.1 Å². The van der Waals surface area contributed by atoms with Crippen molar-refractivity contribution in [3.8, 4) is 0 Å². The third-order valence-electron chi connectivity index (χ3n) is 2.91. The van der Waals surface area contributed by atoms with Gasteiger partial charge in [0.2, 0.25) is 0 Å². The maximum atomic E-state index is 13.7. The highest BCUT2D eigenvalue weighted by atomic mass is 79.9. The summed E-state index contributed by atoms with van der Waals surface area (Å²) < 4.78 is 28.9. The van der Waals surface area contributed by atoms with E-state index in [0.29, 0.717) is 17.3 Å². The topological polar surface area (TPSA) is 29.9 Å². The number of hydrogen-bond acceptors (Lipinski definition) is 2. The van der Waals surface area contributed by atoms with Crippen LogP contribution in [0.25, 0.3) is 0 Å². The molecule has 0 aliphatic carbocycles. The van der Waals surface area contributed by atoms with E-state index in [0.717, 1.165) is 17.8 Å². The quantitative estimate of drug-likeness (QED) is 0.809. The first-order valence-electron chi connectivity index (χ1n) is 6.04. The van der Waals surface area contributed by atoms with Gasteiger partial charge in [-0.05, 0) is 35.8 Å². The number of benzene rings is 1. The molecule has 1 aromatic heterocycles. The Hall–Kier alpha value is -1.14. The van der Waals surface area contributed by atoms with Gasteiger partial charge >= 0.3 is 0 Å². The summed E-state index contributed by atoms with van der Waals surface area (Å²) in [5.74, 6) is -1.06. The average molecular weight is 365 g/mol. The molecule has 0 radical (unpaired) electrons. The predicted octanol–water partition coefficient (Wildman–Crippen LogP) is 4.52. The van der Waals surface area contributed by atoms with E-state index in [-0.39, 0.29) is 16.7 Å². The zero-order valence-corrected chi connectivity index (χ0v) is 13.3. The minimum absolute atomic E-state index is 0.0864. The molecule has 0 unspecified atom stereocenters. The number of nitrogens with zero attached hydrogens (tertiary/aromatic N) is 2. The van der Waals surface area contributed by atoms with Crippen molar-refractivity contribution < 1.29 is 8.78 Å². The van der Waals surface area contributed by atoms with E-state index < -0.39 is 11.6 Å². The monoisotopic (exact) mass is 363 g/mol. The Kier molecular flexibility index (Phi) is 4.65. The lowest BCUT2D eigenvalue weighted by Crippen LogP contribution is -2.09. The summed E-state index contributed by atoms with van der Waals surface area (Å²) in [5.41, 5.74) is 1.55. The number of aromatic nitrogens is 2. The first-order valence-corrected chi connectivity index (χ1v) is 7.21. The van der Waals surface area contributed by atoms with Crippen LogP contribution in [-0.4, -0.2) is 9.78 Å². The minimum Gasteiger partial charge on any atom is -0.377 e. The van der Waals surface area contributed by atoms with Crippen molar-refractivity contribution in [2.24, 2.45) is 0 Å². The van der Waals surface area contributed by atoms with Gasteiger partial charge in [-0.3, -0.25) is 4.68 Å². The molecule has 2 aromatic rings. The number of aryl methyl sites for hydroxylation is 2. The largest absolute Gasteiger partial charge is 0.377 e. The summed E-state index contributed by atoms with van der Waals surface area (Å²) in [6.45, 7) is 4.66. The lowest BCUT2D eigenvalue weighted by Gasteiger charge is -2.10. The summed E-state index contributed by atoms with van der Waals surface area (Å²) in [5, 5.41) is 7.65. The predicted molar refractivity (Wildman–Crippen MR) is 79.0 cm³/mol. The van der Waals surface area contributed by atoms with Gasteiger partial charge in [-0.1, -0.05) is 11.6 Å². The minimum atomic E-state index is -0.534. The summed E-state index contributed by atoms with van der Waals surface area (Å²) in [6.07, 6.45) is 0. The van der Waals surface area contributed by atoms with Gasteiger partial charge in [0, 0.05) is 12.6 Å². The molecule has 1 heterocycles. The van der Waals surface area contributed by atoms with Crippen LogP contribution in [0.2, 0.25) is 5.02 Å². The molecule has 0 saturated carbocycles. The molecule has 0 amide bonds. The van der Waals surface area contributed by atoms with E-state index in [1.54, 1.807) is 11.6 Å². The third kappa shape index (κ3) is 2.96. The molecular weight excluding hydrogens is 352 g/mol. The van der Waals surface area contributed by atoms with Crippen LogP contribution in [0.5, 0.6) is 0 Å². The molecule has 1 aromatic carbocycles. The normalized spacial score (nSPS) is 10.9. The van der Waals surface area contributed by atoms with Gasteiger partial charge in [0.1, 0.15) is 11.6 Å². The first kappa shape index (κ1) is 15.3. The molecule has 108 valence electrons. The third-order valence-corrected chi connectivity index (χ3v) is 4.01. The highest BCUT2D eigenvalue weighted by molar-refractivity contribution is 9.10. The molecule has 3 nitrogen and oxygen atoms in total. The van der Waals surface area contributed by atoms with Crippen molar-refractivity contribution >= 4 is 33.2 Å². The van der Waals surface area contributed by atoms with Gasteiger partial charge in [-0.2, -0.15) is 5.10 Å². The van der Waals surface area contributed by atoms with Crippen molar-refractivity contribution in [1.29, 1.82) is 0 Å². The number of rotatable bonds is 4. The fraction of sp³-hybridized carbons (Fsp3) is 0.308. The molecule has 0 saturated heterocycles. The Labute approximate surface area is 129 Å². The van der Waals surface area contributed by atoms with Crippen LogP contribution in [0.4, 0.5) is 14.5 Å². The number of halogens is 4. The van der Waals surface area contributed by atoms with Crippen LogP contribution in [-0.2, 0) is 13.1 Å². The smallest absolute Gasteiger partial charge is 0.147 e. The molecule has 20 heavy (non-hydrogen) atoms. The SMILES string of the molecule is CCn1nc(C)c(Cl)c1CNc1cc(F)c(Br)cc1F. The number of nitrogens with one attached hydrogen (secondary N) is 1. The van der Waals surface area contributed by atoms with Crippen LogP contribution in [0.1, 0.15) is 18.3 Å². The summed E-state index contributed by atoms with van der Waals surface area (Å²) >= 11 is 9.09. The van der Waals surface area contributed by atoms with Crippen molar-refractivity contribution in [2.75, 3.05) is 5.32 Å². The zero-order chi connectivity index (χ0) is 14.9. The van der Waals surface area contributed by atoms with Gasteiger partial charge in [-0.25, -0.2) is 8.78 Å². The summed E-state index contributed by atoms with van der Waals surface area (Å²) in [6, 6.07) is 2.19. The standard InChI is InChI=1S/C13H13BrClF2N3/c1-3-20-12(13(15)7(2)19-20)6-18-11-5-9(16)8(14)4-10(11)17/h4-5,18H,3,6H2,1-2H3. The van der Waals surface area contributed by atoms with Gasteiger partial charge in [-0.15, -0.1) is 0 Å². The van der Waals surface area contributed by atoms with Crippen molar-refractivity contribution in [1.82, 2.24) is 9.78 Å². The van der Waals surface area contributed by atoms with E-state index in [2.05, 4.69) is 26.3 Å². The van der Waals surface area contributed by atoms with Crippen molar-refractivity contribution in [3.63, 3.8) is 0 Å². The Balaban J connectivity index is 2.23. The molecule has 0 aliphatic rings. The molecule has 2 rings (SSSR count). The second kappa shape index (κ2) is 6.10. The van der Waals surface area contributed by atoms with Crippen molar-refractivity contribution in [2.45, 2.75) is 26.9 Å². The Morgan fingerprint density at radius 2 is 2.05 bits per heavy atom. The summed E-state index contributed by atoms with van der Waals surface area (Å²) in [4.78, 5) is 0. The first-order chi connectivity index (χ1) is 9.43. The van der Waals surface area contributed by atoms with Gasteiger partial charge < -0.3 is 5.32 Å². The Bertz CT molecular complexity index is 643. The van der Waals surface area contributed by atoms with Crippen LogP contribution in [0, 0.1) is 18.6 Å². The summed E-state index contributed by atoms with van der Waals surface area (Å²) in [7, 11) is 0. The van der Waals surface area contributed by atoms with Crippen LogP contribution in [0.3, 0.4) is 0 Å². The lowest BCUT2D eigenvalue weighted by molar-refractivity contribution is 0.594. The molecule has 0 spiro atoms. The fourth-order valence-corrected chi connectivity index (χ4v) is 2.39. The van der Waals surface area contributed by atoms with Crippen LogP contribution < -0.4 is 5.32 Å². The van der Waals surface area contributed by atoms with E-state index in [1.165, 1.54) is 0 Å². The van der Waals surface area contributed by atoms with E-state index in [4.69, 9.17) is 11.6 Å². The van der Waals surface area contributed by atoms with E-state index >= 15 is 0 Å². The molecule has 0 aliphatic heterocycles. The maximum Gasteiger partial charge on any atom is 0.147 e.